The van der Waals surface area contributed by atoms with Gasteiger partial charge in [-0.05, 0) is 30.0 Å². The minimum absolute atomic E-state index is 0.205. The van der Waals surface area contributed by atoms with Crippen LogP contribution in [0, 0.1) is 0 Å². The number of aromatic nitrogens is 3. The molecule has 6 nitrogen and oxygen atoms in total. The van der Waals surface area contributed by atoms with Gasteiger partial charge in [0.2, 0.25) is 0 Å². The van der Waals surface area contributed by atoms with Gasteiger partial charge < -0.3 is 5.73 Å². The highest BCUT2D eigenvalue weighted by molar-refractivity contribution is 7.99. The predicted octanol–water partition coefficient (Wildman–Crippen LogP) is 0.942. The van der Waals surface area contributed by atoms with Crippen LogP contribution in [0.4, 0.5) is 5.69 Å². The van der Waals surface area contributed by atoms with Gasteiger partial charge in [-0.3, -0.25) is 5.10 Å². The van der Waals surface area contributed by atoms with Crippen LogP contribution in [0.3, 0.4) is 0 Å². The van der Waals surface area contributed by atoms with Gasteiger partial charge >= 0.3 is 0 Å². The molecule has 2 aromatic rings. The number of sulfone groups is 1. The number of aromatic amines is 1. The van der Waals surface area contributed by atoms with Crippen molar-refractivity contribution in [2.45, 2.75) is 14.9 Å². The minimum atomic E-state index is -3.23. The maximum absolute atomic E-state index is 11.3. The van der Waals surface area contributed by atoms with Crippen LogP contribution in [0.2, 0.25) is 0 Å². The number of benzene rings is 1. The van der Waals surface area contributed by atoms with Gasteiger partial charge in [0.05, 0.1) is 4.90 Å². The van der Waals surface area contributed by atoms with Crippen molar-refractivity contribution in [1.82, 2.24) is 15.2 Å². The van der Waals surface area contributed by atoms with E-state index >= 15 is 0 Å². The number of nitrogen functional groups attached to an aromatic ring is 1. The Balaban J connectivity index is 2.33. The molecule has 0 atom stereocenters. The van der Waals surface area contributed by atoms with E-state index in [0.29, 0.717) is 10.8 Å². The Morgan fingerprint density at radius 2 is 2.18 bits per heavy atom. The van der Waals surface area contributed by atoms with Gasteiger partial charge in [0.1, 0.15) is 6.33 Å². The number of hydrogen-bond donors (Lipinski definition) is 2. The minimum Gasteiger partial charge on any atom is -0.398 e. The molecule has 17 heavy (non-hydrogen) atoms. The molecule has 2 rings (SSSR count). The summed E-state index contributed by atoms with van der Waals surface area (Å²) >= 11 is 1.29. The highest BCUT2D eigenvalue weighted by Crippen LogP contribution is 2.30. The summed E-state index contributed by atoms with van der Waals surface area (Å²) in [5.74, 6) is 0. The smallest absolute Gasteiger partial charge is 0.188 e. The lowest BCUT2D eigenvalue weighted by molar-refractivity contribution is 0.602. The normalized spacial score (nSPS) is 11.6. The molecular weight excluding hydrogens is 260 g/mol. The zero-order chi connectivity index (χ0) is 12.5. The van der Waals surface area contributed by atoms with Crippen LogP contribution in [0.25, 0.3) is 0 Å². The highest BCUT2D eigenvalue weighted by Gasteiger charge is 2.10. The zero-order valence-corrected chi connectivity index (χ0v) is 10.5. The second-order valence-corrected chi connectivity index (χ2v) is 6.41. The molecule has 1 heterocycles. The lowest BCUT2D eigenvalue weighted by Gasteiger charge is -2.05. The van der Waals surface area contributed by atoms with Crippen molar-refractivity contribution >= 4 is 27.3 Å². The molecule has 8 heteroatoms. The van der Waals surface area contributed by atoms with Gasteiger partial charge in [0.15, 0.2) is 15.0 Å². The van der Waals surface area contributed by atoms with Gasteiger partial charge in [0.25, 0.3) is 0 Å². The average molecular weight is 270 g/mol. The van der Waals surface area contributed by atoms with Crippen LogP contribution in [0.5, 0.6) is 0 Å². The number of nitrogens with two attached hydrogens (primary N) is 1. The number of nitrogens with one attached hydrogen (secondary N) is 1. The van der Waals surface area contributed by atoms with E-state index < -0.39 is 9.84 Å². The summed E-state index contributed by atoms with van der Waals surface area (Å²) in [5.41, 5.74) is 6.18. The van der Waals surface area contributed by atoms with Gasteiger partial charge in [-0.25, -0.2) is 13.4 Å². The summed E-state index contributed by atoms with van der Waals surface area (Å²) in [6, 6.07) is 4.61. The Bertz CT molecular complexity index is 622. The molecule has 1 aromatic carbocycles. The Labute approximate surface area is 103 Å². The maximum Gasteiger partial charge on any atom is 0.188 e. The second kappa shape index (κ2) is 4.38. The summed E-state index contributed by atoms with van der Waals surface area (Å²) in [5, 5.41) is 7.00. The zero-order valence-electron chi connectivity index (χ0n) is 8.91. The molecule has 0 aliphatic heterocycles. The molecule has 0 fully saturated rings. The Morgan fingerprint density at radius 1 is 1.41 bits per heavy atom. The number of hydrogen-bond acceptors (Lipinski definition) is 6. The van der Waals surface area contributed by atoms with Gasteiger partial charge in [-0.1, -0.05) is 0 Å². The molecule has 0 aliphatic rings. The fourth-order valence-corrected chi connectivity index (χ4v) is 2.57. The van der Waals surface area contributed by atoms with Crippen molar-refractivity contribution in [3.05, 3.63) is 24.5 Å². The number of anilines is 1. The number of nitrogens with zero attached hydrogens (tertiary/aromatic N) is 2. The summed E-state index contributed by atoms with van der Waals surface area (Å²) in [7, 11) is -3.23. The van der Waals surface area contributed by atoms with E-state index in [2.05, 4.69) is 15.2 Å². The summed E-state index contributed by atoms with van der Waals surface area (Å²) in [4.78, 5) is 4.88. The summed E-state index contributed by atoms with van der Waals surface area (Å²) in [6.07, 6.45) is 2.54. The third-order valence-electron chi connectivity index (χ3n) is 2.01. The van der Waals surface area contributed by atoms with Crippen molar-refractivity contribution in [3.8, 4) is 0 Å². The van der Waals surface area contributed by atoms with E-state index in [1.807, 2.05) is 0 Å². The Kier molecular flexibility index (Phi) is 3.07. The molecule has 0 unspecified atom stereocenters. The first-order chi connectivity index (χ1) is 7.97. The molecule has 1 aromatic heterocycles. The Hall–Kier alpha value is -1.54. The van der Waals surface area contributed by atoms with Crippen molar-refractivity contribution in [2.75, 3.05) is 12.0 Å². The first kappa shape index (κ1) is 11.9. The number of H-pyrrole nitrogens is 1. The van der Waals surface area contributed by atoms with Crippen molar-refractivity contribution in [3.63, 3.8) is 0 Å². The van der Waals surface area contributed by atoms with Crippen molar-refractivity contribution in [1.29, 1.82) is 0 Å². The van der Waals surface area contributed by atoms with Gasteiger partial charge in [0, 0.05) is 16.8 Å². The quantitative estimate of drug-likeness (QED) is 0.805. The van der Waals surface area contributed by atoms with Crippen LogP contribution < -0.4 is 5.73 Å². The van der Waals surface area contributed by atoms with Crippen molar-refractivity contribution in [2.24, 2.45) is 0 Å². The molecule has 0 radical (unpaired) electrons. The lowest BCUT2D eigenvalue weighted by Crippen LogP contribution is -1.99. The Morgan fingerprint density at radius 3 is 2.71 bits per heavy atom. The van der Waals surface area contributed by atoms with Crippen LogP contribution in [0.15, 0.2) is 39.5 Å². The first-order valence-corrected chi connectivity index (χ1v) is 7.30. The molecule has 0 aliphatic carbocycles. The van der Waals surface area contributed by atoms with E-state index in [-0.39, 0.29) is 4.90 Å². The van der Waals surface area contributed by atoms with Crippen LogP contribution in [-0.2, 0) is 9.84 Å². The molecule has 0 saturated carbocycles. The highest BCUT2D eigenvalue weighted by atomic mass is 32.2. The van der Waals surface area contributed by atoms with E-state index in [0.717, 1.165) is 11.2 Å². The largest absolute Gasteiger partial charge is 0.398 e. The molecular formula is C9H10N4O2S2. The van der Waals surface area contributed by atoms with Crippen LogP contribution in [0.1, 0.15) is 0 Å². The molecule has 0 saturated heterocycles. The van der Waals surface area contributed by atoms with Crippen LogP contribution >= 0.6 is 11.8 Å². The molecule has 0 bridgehead atoms. The van der Waals surface area contributed by atoms with Gasteiger partial charge in [-0.15, -0.1) is 0 Å². The number of rotatable bonds is 3. The monoisotopic (exact) mass is 270 g/mol. The van der Waals surface area contributed by atoms with Gasteiger partial charge in [-0.2, -0.15) is 5.10 Å². The molecule has 0 spiro atoms. The maximum atomic E-state index is 11.3. The lowest BCUT2D eigenvalue weighted by atomic mass is 10.3. The van der Waals surface area contributed by atoms with E-state index in [4.69, 9.17) is 5.73 Å². The standard InChI is InChI=1S/C9H10N4O2S2/c1-17(14,15)6-2-3-8(7(10)4-6)16-9-11-5-12-13-9/h2-5H,10H2,1H3,(H,11,12,13). The molecule has 90 valence electrons. The molecule has 3 N–H and O–H groups in total. The SMILES string of the molecule is CS(=O)(=O)c1ccc(Sc2ncn[nH]2)c(N)c1. The average Bonchev–Trinajstić information content (AvgIpc) is 2.72. The second-order valence-electron chi connectivity index (χ2n) is 3.36. The third-order valence-corrected chi connectivity index (χ3v) is 4.10. The summed E-state index contributed by atoms with van der Waals surface area (Å²) in [6.45, 7) is 0. The first-order valence-electron chi connectivity index (χ1n) is 4.59. The van der Waals surface area contributed by atoms with E-state index in [9.17, 15) is 8.42 Å². The summed E-state index contributed by atoms with van der Waals surface area (Å²) < 4.78 is 22.6. The van der Waals surface area contributed by atoms with Crippen molar-refractivity contribution < 1.29 is 8.42 Å². The third kappa shape index (κ3) is 2.77. The fourth-order valence-electron chi connectivity index (χ4n) is 1.20. The predicted molar refractivity (Wildman–Crippen MR) is 64.5 cm³/mol. The topological polar surface area (TPSA) is 102 Å². The fraction of sp³-hybridized carbons (Fsp3) is 0.111. The molecule has 0 amide bonds. The van der Waals surface area contributed by atoms with E-state index in [1.165, 1.54) is 30.2 Å². The van der Waals surface area contributed by atoms with Crippen LogP contribution in [-0.4, -0.2) is 29.9 Å². The van der Waals surface area contributed by atoms with E-state index in [1.54, 1.807) is 6.07 Å².